The average molecular weight is 257 g/mol. The van der Waals surface area contributed by atoms with E-state index in [1.807, 2.05) is 38.2 Å². The first-order valence-corrected chi connectivity index (χ1v) is 6.22. The zero-order valence-corrected chi connectivity index (χ0v) is 10.9. The third kappa shape index (κ3) is 1.90. The third-order valence-corrected chi connectivity index (χ3v) is 3.17. The van der Waals surface area contributed by atoms with Crippen LogP contribution in [0.15, 0.2) is 28.8 Å². The molecule has 1 unspecified atom stereocenters. The third-order valence-electron chi connectivity index (χ3n) is 3.17. The van der Waals surface area contributed by atoms with Crippen LogP contribution in [0.1, 0.15) is 25.2 Å². The highest BCUT2D eigenvalue weighted by Crippen LogP contribution is 2.26. The van der Waals surface area contributed by atoms with Gasteiger partial charge in [-0.05, 0) is 12.5 Å². The molecule has 3 rings (SSSR count). The van der Waals surface area contributed by atoms with E-state index < -0.39 is 0 Å². The Kier molecular flexibility index (Phi) is 2.79. The van der Waals surface area contributed by atoms with Gasteiger partial charge in [0.25, 0.3) is 5.89 Å². The quantitative estimate of drug-likeness (QED) is 0.776. The smallest absolute Gasteiger partial charge is 0.279 e. The lowest BCUT2D eigenvalue weighted by atomic mass is 10.2. The van der Waals surface area contributed by atoms with E-state index in [2.05, 4.69) is 15.2 Å². The van der Waals surface area contributed by atoms with Gasteiger partial charge in [0, 0.05) is 12.4 Å². The normalized spacial score (nSPS) is 13.0. The number of para-hydroxylation sites is 1. The van der Waals surface area contributed by atoms with Crippen LogP contribution in [0, 0.1) is 0 Å². The fourth-order valence-corrected chi connectivity index (χ4v) is 2.04. The molecule has 0 spiro atoms. The molecule has 0 amide bonds. The number of nitrogens with two attached hydrogens (primary N) is 1. The minimum absolute atomic E-state index is 0.201. The lowest BCUT2D eigenvalue weighted by molar-refractivity contribution is 0.414. The lowest BCUT2D eigenvalue weighted by Gasteiger charge is -1.99. The fraction of sp³-hybridized carbons (Fsp3) is 0.308. The maximum atomic E-state index is 5.89. The molecular weight excluding hydrogens is 242 g/mol. The van der Waals surface area contributed by atoms with Gasteiger partial charge in [-0.2, -0.15) is 10.1 Å². The van der Waals surface area contributed by atoms with Crippen LogP contribution < -0.4 is 5.73 Å². The number of fused-ring (bicyclic) bond motifs is 1. The minimum Gasteiger partial charge on any atom is -0.332 e. The number of benzene rings is 1. The number of rotatable bonds is 3. The van der Waals surface area contributed by atoms with Crippen LogP contribution in [0.25, 0.3) is 22.5 Å². The molecule has 2 N–H and O–H groups in total. The highest BCUT2D eigenvalue weighted by Gasteiger charge is 2.18. The van der Waals surface area contributed by atoms with Crippen molar-refractivity contribution < 1.29 is 4.52 Å². The number of aromatic nitrogens is 4. The fourth-order valence-electron chi connectivity index (χ4n) is 2.04. The molecule has 19 heavy (non-hydrogen) atoms. The van der Waals surface area contributed by atoms with Crippen molar-refractivity contribution in [2.75, 3.05) is 0 Å². The number of hydrogen-bond donors (Lipinski definition) is 1. The molecule has 0 saturated carbocycles. The molecule has 1 aromatic carbocycles. The molecule has 0 saturated heterocycles. The molecule has 2 aromatic heterocycles. The number of nitrogens with zero attached hydrogens (tertiary/aromatic N) is 4. The van der Waals surface area contributed by atoms with Crippen LogP contribution in [0.2, 0.25) is 0 Å². The first kappa shape index (κ1) is 11.9. The lowest BCUT2D eigenvalue weighted by Crippen LogP contribution is -2.10. The first-order valence-electron chi connectivity index (χ1n) is 6.22. The summed E-state index contributed by atoms with van der Waals surface area (Å²) in [5.41, 5.74) is 7.61. The molecule has 0 aliphatic carbocycles. The summed E-state index contributed by atoms with van der Waals surface area (Å²) in [5, 5.41) is 9.35. The molecule has 6 heteroatoms. The Balaban J connectivity index is 2.12. The Morgan fingerprint density at radius 1 is 1.37 bits per heavy atom. The summed E-state index contributed by atoms with van der Waals surface area (Å²) in [6.45, 7) is 1.98. The molecule has 0 radical (unpaired) electrons. The summed E-state index contributed by atoms with van der Waals surface area (Å²) >= 11 is 0. The van der Waals surface area contributed by atoms with Crippen molar-refractivity contribution in [1.82, 2.24) is 19.9 Å². The van der Waals surface area contributed by atoms with Crippen LogP contribution in [0.5, 0.6) is 0 Å². The zero-order chi connectivity index (χ0) is 13.4. The van der Waals surface area contributed by atoms with E-state index in [4.69, 9.17) is 10.3 Å². The predicted octanol–water partition coefficient (Wildman–Crippen LogP) is 2.03. The molecule has 98 valence electrons. The Morgan fingerprint density at radius 3 is 2.95 bits per heavy atom. The van der Waals surface area contributed by atoms with Crippen LogP contribution in [0.4, 0.5) is 0 Å². The maximum absolute atomic E-state index is 5.89. The summed E-state index contributed by atoms with van der Waals surface area (Å²) in [6, 6.07) is 7.72. The Labute approximate surface area is 110 Å². The van der Waals surface area contributed by atoms with Crippen molar-refractivity contribution in [1.29, 1.82) is 0 Å². The summed E-state index contributed by atoms with van der Waals surface area (Å²) in [4.78, 5) is 4.34. The molecule has 0 aliphatic heterocycles. The van der Waals surface area contributed by atoms with Crippen LogP contribution in [0.3, 0.4) is 0 Å². The van der Waals surface area contributed by atoms with E-state index >= 15 is 0 Å². The molecule has 2 heterocycles. The summed E-state index contributed by atoms with van der Waals surface area (Å²) in [7, 11) is 1.89. The monoisotopic (exact) mass is 257 g/mol. The Morgan fingerprint density at radius 2 is 2.16 bits per heavy atom. The van der Waals surface area contributed by atoms with Gasteiger partial charge in [0.05, 0.1) is 11.6 Å². The second-order valence-electron chi connectivity index (χ2n) is 4.46. The maximum Gasteiger partial charge on any atom is 0.279 e. The molecule has 6 nitrogen and oxygen atoms in total. The summed E-state index contributed by atoms with van der Waals surface area (Å²) < 4.78 is 7.08. The second-order valence-corrected chi connectivity index (χ2v) is 4.46. The van der Waals surface area contributed by atoms with Crippen LogP contribution in [-0.4, -0.2) is 19.9 Å². The van der Waals surface area contributed by atoms with Crippen molar-refractivity contribution >= 4 is 10.9 Å². The van der Waals surface area contributed by atoms with Crippen molar-refractivity contribution in [2.45, 2.75) is 19.4 Å². The SMILES string of the molecule is CCC(N)c1noc(-c2nn(C)c3ccccc23)n1. The van der Waals surface area contributed by atoms with Crippen molar-refractivity contribution in [3.05, 3.63) is 30.1 Å². The Bertz CT molecular complexity index is 715. The van der Waals surface area contributed by atoms with Gasteiger partial charge in [-0.15, -0.1) is 0 Å². The highest BCUT2D eigenvalue weighted by molar-refractivity contribution is 5.91. The van der Waals surface area contributed by atoms with E-state index in [1.54, 1.807) is 4.68 Å². The van der Waals surface area contributed by atoms with Crippen molar-refractivity contribution in [3.8, 4) is 11.6 Å². The van der Waals surface area contributed by atoms with Gasteiger partial charge in [0.1, 0.15) is 0 Å². The molecule has 1 atom stereocenters. The molecule has 3 aromatic rings. The topological polar surface area (TPSA) is 82.8 Å². The van der Waals surface area contributed by atoms with Gasteiger partial charge in [-0.3, -0.25) is 4.68 Å². The van der Waals surface area contributed by atoms with E-state index in [0.717, 1.165) is 17.3 Å². The summed E-state index contributed by atoms with van der Waals surface area (Å²) in [5.74, 6) is 0.933. The zero-order valence-electron chi connectivity index (χ0n) is 10.9. The van der Waals surface area contributed by atoms with E-state index in [-0.39, 0.29) is 6.04 Å². The number of hydrogen-bond acceptors (Lipinski definition) is 5. The van der Waals surface area contributed by atoms with Crippen molar-refractivity contribution in [3.63, 3.8) is 0 Å². The largest absolute Gasteiger partial charge is 0.332 e. The number of aryl methyl sites for hydroxylation is 1. The van der Waals surface area contributed by atoms with Gasteiger partial charge in [0.15, 0.2) is 11.5 Å². The van der Waals surface area contributed by atoms with Crippen molar-refractivity contribution in [2.24, 2.45) is 12.8 Å². The Hall–Kier alpha value is -2.21. The van der Waals surface area contributed by atoms with Gasteiger partial charge < -0.3 is 10.3 Å². The predicted molar refractivity (Wildman–Crippen MR) is 71.2 cm³/mol. The molecule has 0 aliphatic rings. The van der Waals surface area contributed by atoms with Gasteiger partial charge in [-0.25, -0.2) is 0 Å². The molecular formula is C13H15N5O. The minimum atomic E-state index is -0.201. The first-order chi connectivity index (χ1) is 9.20. The average Bonchev–Trinajstić information content (AvgIpc) is 3.04. The van der Waals surface area contributed by atoms with E-state index in [9.17, 15) is 0 Å². The van der Waals surface area contributed by atoms with Gasteiger partial charge in [0.2, 0.25) is 0 Å². The van der Waals surface area contributed by atoms with Crippen LogP contribution in [-0.2, 0) is 7.05 Å². The second kappa shape index (κ2) is 4.47. The summed E-state index contributed by atoms with van der Waals surface area (Å²) in [6.07, 6.45) is 0.766. The standard InChI is InChI=1S/C13H15N5O/c1-3-9(14)12-15-13(19-17-12)11-8-6-4-5-7-10(8)18(2)16-11/h4-7,9H,3,14H2,1-2H3. The van der Waals surface area contributed by atoms with Gasteiger partial charge in [-0.1, -0.05) is 30.3 Å². The van der Waals surface area contributed by atoms with Crippen LogP contribution >= 0.6 is 0 Å². The molecule has 0 bridgehead atoms. The molecule has 0 fully saturated rings. The van der Waals surface area contributed by atoms with Gasteiger partial charge >= 0.3 is 0 Å². The highest BCUT2D eigenvalue weighted by atomic mass is 16.5. The van der Waals surface area contributed by atoms with E-state index in [1.165, 1.54) is 0 Å². The van der Waals surface area contributed by atoms with E-state index in [0.29, 0.717) is 17.4 Å².